The predicted octanol–water partition coefficient (Wildman–Crippen LogP) is 2.75. The van der Waals surface area contributed by atoms with Gasteiger partial charge in [0.2, 0.25) is 0 Å². The number of benzene rings is 1. The predicted molar refractivity (Wildman–Crippen MR) is 56.0 cm³/mol. The maximum absolute atomic E-state index is 10.7. The summed E-state index contributed by atoms with van der Waals surface area (Å²) in [5.41, 5.74) is 1.79. The van der Waals surface area contributed by atoms with Crippen molar-refractivity contribution in [1.29, 1.82) is 0 Å². The van der Waals surface area contributed by atoms with Crippen LogP contribution >= 0.6 is 15.9 Å². The SMILES string of the molecule is Cn1cc(C=O)c2cccc(Br)c21. The van der Waals surface area contributed by atoms with E-state index in [0.717, 1.165) is 27.2 Å². The van der Waals surface area contributed by atoms with Gasteiger partial charge in [0.15, 0.2) is 6.29 Å². The van der Waals surface area contributed by atoms with Gasteiger partial charge in [-0.2, -0.15) is 0 Å². The molecule has 0 amide bonds. The van der Waals surface area contributed by atoms with E-state index in [2.05, 4.69) is 15.9 Å². The van der Waals surface area contributed by atoms with Gasteiger partial charge in [0.1, 0.15) is 0 Å². The number of hydrogen-bond acceptors (Lipinski definition) is 1. The van der Waals surface area contributed by atoms with Gasteiger partial charge in [-0.3, -0.25) is 4.79 Å². The third-order valence-corrected chi connectivity index (χ3v) is 2.75. The van der Waals surface area contributed by atoms with Crippen LogP contribution in [-0.4, -0.2) is 10.9 Å². The summed E-state index contributed by atoms with van der Waals surface area (Å²) in [6.07, 6.45) is 2.72. The van der Waals surface area contributed by atoms with E-state index in [0.29, 0.717) is 0 Å². The summed E-state index contributed by atoms with van der Waals surface area (Å²) in [5.74, 6) is 0. The first-order valence-corrected chi connectivity index (χ1v) is 4.72. The highest BCUT2D eigenvalue weighted by molar-refractivity contribution is 9.10. The van der Waals surface area contributed by atoms with Crippen molar-refractivity contribution in [3.05, 3.63) is 34.4 Å². The molecule has 0 fully saturated rings. The Bertz CT molecular complexity index is 473. The van der Waals surface area contributed by atoms with E-state index in [4.69, 9.17) is 0 Å². The smallest absolute Gasteiger partial charge is 0.152 e. The van der Waals surface area contributed by atoms with E-state index < -0.39 is 0 Å². The van der Waals surface area contributed by atoms with Crippen molar-refractivity contribution in [3.63, 3.8) is 0 Å². The second kappa shape index (κ2) is 3.00. The maximum Gasteiger partial charge on any atom is 0.152 e. The molecule has 2 nitrogen and oxygen atoms in total. The Morgan fingerprint density at radius 3 is 2.92 bits per heavy atom. The van der Waals surface area contributed by atoms with Crippen LogP contribution in [0.3, 0.4) is 0 Å². The Hall–Kier alpha value is -1.09. The number of halogens is 1. The Kier molecular flexibility index (Phi) is 1.96. The lowest BCUT2D eigenvalue weighted by atomic mass is 10.2. The molecular formula is C10H8BrNO. The number of hydrogen-bond donors (Lipinski definition) is 0. The van der Waals surface area contributed by atoms with E-state index in [9.17, 15) is 4.79 Å². The summed E-state index contributed by atoms with van der Waals surface area (Å²) < 4.78 is 2.96. The van der Waals surface area contributed by atoms with Crippen molar-refractivity contribution < 1.29 is 4.79 Å². The van der Waals surface area contributed by atoms with Gasteiger partial charge in [0.25, 0.3) is 0 Å². The molecule has 1 aromatic carbocycles. The zero-order valence-electron chi connectivity index (χ0n) is 7.12. The topological polar surface area (TPSA) is 22.0 Å². The average molecular weight is 238 g/mol. The fourth-order valence-corrected chi connectivity index (χ4v) is 2.19. The van der Waals surface area contributed by atoms with Crippen LogP contribution in [0.15, 0.2) is 28.9 Å². The zero-order valence-corrected chi connectivity index (χ0v) is 8.71. The summed E-state index contributed by atoms with van der Waals surface area (Å²) >= 11 is 3.45. The van der Waals surface area contributed by atoms with Gasteiger partial charge >= 0.3 is 0 Å². The summed E-state index contributed by atoms with van der Waals surface area (Å²) in [7, 11) is 1.93. The second-order valence-corrected chi connectivity index (χ2v) is 3.80. The molecule has 0 N–H and O–H groups in total. The molecule has 2 rings (SSSR count). The van der Waals surface area contributed by atoms with Crippen molar-refractivity contribution in [2.45, 2.75) is 0 Å². The molecule has 0 spiro atoms. The van der Waals surface area contributed by atoms with E-state index in [1.54, 1.807) is 0 Å². The fraction of sp³-hybridized carbons (Fsp3) is 0.100. The van der Waals surface area contributed by atoms with Gasteiger partial charge in [0.05, 0.1) is 5.52 Å². The number of para-hydroxylation sites is 1. The quantitative estimate of drug-likeness (QED) is 0.700. The van der Waals surface area contributed by atoms with Crippen molar-refractivity contribution in [3.8, 4) is 0 Å². The van der Waals surface area contributed by atoms with E-state index in [1.165, 1.54) is 0 Å². The number of carbonyl (C=O) groups excluding carboxylic acids is 1. The van der Waals surface area contributed by atoms with E-state index in [1.807, 2.05) is 36.0 Å². The fourth-order valence-electron chi connectivity index (χ4n) is 1.54. The third kappa shape index (κ3) is 1.20. The van der Waals surface area contributed by atoms with Crippen LogP contribution in [0, 0.1) is 0 Å². The molecule has 1 heterocycles. The lowest BCUT2D eigenvalue weighted by Crippen LogP contribution is -1.83. The van der Waals surface area contributed by atoms with Crippen molar-refractivity contribution in [1.82, 2.24) is 4.57 Å². The lowest BCUT2D eigenvalue weighted by molar-refractivity contribution is 0.112. The van der Waals surface area contributed by atoms with Crippen molar-refractivity contribution >= 4 is 33.1 Å². The number of carbonyl (C=O) groups is 1. The van der Waals surface area contributed by atoms with Crippen LogP contribution in [-0.2, 0) is 7.05 Å². The molecular weight excluding hydrogens is 230 g/mol. The number of rotatable bonds is 1. The minimum atomic E-state index is 0.735. The average Bonchev–Trinajstić information content (AvgIpc) is 2.44. The first-order valence-electron chi connectivity index (χ1n) is 3.93. The summed E-state index contributed by atoms with van der Waals surface area (Å²) in [4.78, 5) is 10.7. The Balaban J connectivity index is 2.95. The van der Waals surface area contributed by atoms with Crippen LogP contribution in [0.2, 0.25) is 0 Å². The van der Waals surface area contributed by atoms with E-state index in [-0.39, 0.29) is 0 Å². The molecule has 0 saturated carbocycles. The highest BCUT2D eigenvalue weighted by Gasteiger charge is 2.07. The van der Waals surface area contributed by atoms with Crippen LogP contribution < -0.4 is 0 Å². The highest BCUT2D eigenvalue weighted by Crippen LogP contribution is 2.26. The largest absolute Gasteiger partial charge is 0.349 e. The Morgan fingerprint density at radius 2 is 2.23 bits per heavy atom. The minimum Gasteiger partial charge on any atom is -0.349 e. The molecule has 0 bridgehead atoms. The minimum absolute atomic E-state index is 0.735. The third-order valence-electron chi connectivity index (χ3n) is 2.11. The standard InChI is InChI=1S/C10H8BrNO/c1-12-5-7(6-13)8-3-2-4-9(11)10(8)12/h2-6H,1H3. The number of fused-ring (bicyclic) bond motifs is 1. The monoisotopic (exact) mass is 237 g/mol. The Morgan fingerprint density at radius 1 is 1.46 bits per heavy atom. The van der Waals surface area contributed by atoms with Crippen LogP contribution in [0.4, 0.5) is 0 Å². The summed E-state index contributed by atoms with van der Waals surface area (Å²) in [5, 5.41) is 0.992. The number of aryl methyl sites for hydroxylation is 1. The molecule has 0 aliphatic carbocycles. The molecule has 0 aliphatic rings. The zero-order chi connectivity index (χ0) is 9.42. The molecule has 2 aromatic rings. The highest BCUT2D eigenvalue weighted by atomic mass is 79.9. The molecule has 1 aromatic heterocycles. The van der Waals surface area contributed by atoms with Gasteiger partial charge < -0.3 is 4.57 Å². The van der Waals surface area contributed by atoms with Crippen LogP contribution in [0.25, 0.3) is 10.9 Å². The Labute approximate surface area is 84.3 Å². The van der Waals surface area contributed by atoms with Crippen molar-refractivity contribution in [2.75, 3.05) is 0 Å². The van der Waals surface area contributed by atoms with Gasteiger partial charge in [-0.15, -0.1) is 0 Å². The lowest BCUT2D eigenvalue weighted by Gasteiger charge is -1.97. The van der Waals surface area contributed by atoms with Crippen molar-refractivity contribution in [2.24, 2.45) is 7.05 Å². The molecule has 3 heteroatoms. The van der Waals surface area contributed by atoms with Gasteiger partial charge in [0, 0.05) is 28.7 Å². The normalized spacial score (nSPS) is 10.6. The summed E-state index contributed by atoms with van der Waals surface area (Å²) in [6, 6.07) is 5.85. The first-order chi connectivity index (χ1) is 6.24. The van der Waals surface area contributed by atoms with Crippen LogP contribution in [0.5, 0.6) is 0 Å². The van der Waals surface area contributed by atoms with Gasteiger partial charge in [-0.05, 0) is 22.0 Å². The van der Waals surface area contributed by atoms with E-state index >= 15 is 0 Å². The van der Waals surface area contributed by atoms with Gasteiger partial charge in [-0.25, -0.2) is 0 Å². The second-order valence-electron chi connectivity index (χ2n) is 2.95. The number of aldehydes is 1. The maximum atomic E-state index is 10.7. The molecule has 66 valence electrons. The molecule has 0 unspecified atom stereocenters. The molecule has 0 radical (unpaired) electrons. The first kappa shape index (κ1) is 8.51. The molecule has 0 atom stereocenters. The number of aromatic nitrogens is 1. The number of nitrogens with zero attached hydrogens (tertiary/aromatic N) is 1. The van der Waals surface area contributed by atoms with Crippen LogP contribution in [0.1, 0.15) is 10.4 Å². The summed E-state index contributed by atoms with van der Waals surface area (Å²) in [6.45, 7) is 0. The van der Waals surface area contributed by atoms with Gasteiger partial charge in [-0.1, -0.05) is 12.1 Å². The molecule has 0 aliphatic heterocycles. The molecule has 13 heavy (non-hydrogen) atoms. The molecule has 0 saturated heterocycles.